The number of hydrogen-bond acceptors (Lipinski definition) is 7. The second-order valence-electron chi connectivity index (χ2n) is 6.90. The lowest BCUT2D eigenvalue weighted by Crippen LogP contribution is -2.43. The Morgan fingerprint density at radius 1 is 1.24 bits per heavy atom. The second kappa shape index (κ2) is 7.34. The minimum atomic E-state index is -0.309. The highest BCUT2D eigenvalue weighted by molar-refractivity contribution is 5.85. The summed E-state index contributed by atoms with van der Waals surface area (Å²) in [6.07, 6.45) is 6.85. The molecule has 1 saturated heterocycles. The molecule has 0 saturated carbocycles. The first-order valence-electron chi connectivity index (χ1n) is 9.49. The lowest BCUT2D eigenvalue weighted by atomic mass is 10.2. The van der Waals surface area contributed by atoms with Gasteiger partial charge in [0.15, 0.2) is 5.58 Å². The number of nitrogens with one attached hydrogen (secondary N) is 1. The van der Waals surface area contributed by atoms with Gasteiger partial charge in [0.25, 0.3) is 6.01 Å². The van der Waals surface area contributed by atoms with Gasteiger partial charge >= 0.3 is 0 Å². The predicted octanol–water partition coefficient (Wildman–Crippen LogP) is 2.09. The van der Waals surface area contributed by atoms with Crippen LogP contribution in [0.3, 0.4) is 0 Å². The third-order valence-electron chi connectivity index (χ3n) is 4.98. The molecule has 4 heterocycles. The van der Waals surface area contributed by atoms with E-state index in [1.54, 1.807) is 23.3 Å². The molecule has 0 aliphatic carbocycles. The number of fused-ring (bicyclic) bond motifs is 1. The van der Waals surface area contributed by atoms with Crippen molar-refractivity contribution in [1.29, 1.82) is 0 Å². The van der Waals surface area contributed by atoms with Crippen LogP contribution in [0.25, 0.3) is 16.8 Å². The lowest BCUT2D eigenvalue weighted by molar-refractivity contribution is -0.122. The standard InChI is InChI=1S/C20H19N7O2/c28-19(22-11-14-13-27(25-24-14)15-5-3-9-21-12-15)17-7-4-10-26(17)20-23-16-6-1-2-8-18(16)29-20/h1-3,5-6,8-9,12-13,17H,4,7,10-11H2,(H,22,28). The van der Waals surface area contributed by atoms with Crippen molar-refractivity contribution in [3.05, 3.63) is 60.7 Å². The molecule has 1 unspecified atom stereocenters. The van der Waals surface area contributed by atoms with Crippen LogP contribution in [0.1, 0.15) is 18.5 Å². The van der Waals surface area contributed by atoms with Crippen molar-refractivity contribution in [3.8, 4) is 5.69 Å². The number of carbonyl (C=O) groups is 1. The normalized spacial score (nSPS) is 16.4. The summed E-state index contributed by atoms with van der Waals surface area (Å²) in [6, 6.07) is 11.5. The number of para-hydroxylation sites is 2. The average Bonchev–Trinajstić information content (AvgIpc) is 3.51. The molecule has 5 rings (SSSR count). The molecule has 1 aliphatic heterocycles. The highest BCUT2D eigenvalue weighted by Gasteiger charge is 2.33. The summed E-state index contributed by atoms with van der Waals surface area (Å²) < 4.78 is 7.48. The van der Waals surface area contributed by atoms with Gasteiger partial charge in [0.05, 0.1) is 24.6 Å². The zero-order valence-electron chi connectivity index (χ0n) is 15.6. The Balaban J connectivity index is 1.26. The lowest BCUT2D eigenvalue weighted by Gasteiger charge is -2.21. The molecule has 1 aliphatic rings. The molecule has 4 aromatic rings. The molecule has 0 spiro atoms. The first-order chi connectivity index (χ1) is 14.3. The molecule has 146 valence electrons. The number of hydrogen-bond donors (Lipinski definition) is 1. The molecule has 0 bridgehead atoms. The summed E-state index contributed by atoms with van der Waals surface area (Å²) in [7, 11) is 0. The summed E-state index contributed by atoms with van der Waals surface area (Å²) >= 11 is 0. The van der Waals surface area contributed by atoms with E-state index in [2.05, 4.69) is 25.6 Å². The van der Waals surface area contributed by atoms with Crippen LogP contribution < -0.4 is 10.2 Å². The minimum absolute atomic E-state index is 0.0688. The first kappa shape index (κ1) is 17.4. The molecule has 3 aromatic heterocycles. The molecule has 1 atom stereocenters. The zero-order valence-corrected chi connectivity index (χ0v) is 15.6. The van der Waals surface area contributed by atoms with E-state index in [-0.39, 0.29) is 11.9 Å². The number of anilines is 1. The first-order valence-corrected chi connectivity index (χ1v) is 9.49. The third-order valence-corrected chi connectivity index (χ3v) is 4.98. The number of rotatable bonds is 5. The third kappa shape index (κ3) is 3.42. The van der Waals surface area contributed by atoms with E-state index in [4.69, 9.17) is 4.42 Å². The van der Waals surface area contributed by atoms with Gasteiger partial charge in [-0.15, -0.1) is 5.10 Å². The van der Waals surface area contributed by atoms with Gasteiger partial charge in [0, 0.05) is 12.7 Å². The molecule has 1 N–H and O–H groups in total. The van der Waals surface area contributed by atoms with Gasteiger partial charge in [-0.05, 0) is 37.1 Å². The fourth-order valence-electron chi connectivity index (χ4n) is 3.54. The Labute approximate surface area is 166 Å². The Kier molecular flexibility index (Phi) is 4.39. The van der Waals surface area contributed by atoms with Gasteiger partial charge in [0.1, 0.15) is 17.3 Å². The minimum Gasteiger partial charge on any atom is -0.423 e. The van der Waals surface area contributed by atoms with Crippen LogP contribution in [0.5, 0.6) is 0 Å². The van der Waals surface area contributed by atoms with E-state index in [9.17, 15) is 4.79 Å². The fourth-order valence-corrected chi connectivity index (χ4v) is 3.54. The summed E-state index contributed by atoms with van der Waals surface area (Å²) in [5.41, 5.74) is 3.00. The van der Waals surface area contributed by atoms with Gasteiger partial charge in [-0.25, -0.2) is 4.68 Å². The quantitative estimate of drug-likeness (QED) is 0.557. The number of oxazole rings is 1. The van der Waals surface area contributed by atoms with E-state index in [0.717, 1.165) is 36.2 Å². The van der Waals surface area contributed by atoms with Crippen molar-refractivity contribution in [2.24, 2.45) is 0 Å². The highest BCUT2D eigenvalue weighted by Crippen LogP contribution is 2.28. The van der Waals surface area contributed by atoms with Crippen LogP contribution in [0.4, 0.5) is 6.01 Å². The van der Waals surface area contributed by atoms with Crippen LogP contribution in [-0.2, 0) is 11.3 Å². The highest BCUT2D eigenvalue weighted by atomic mass is 16.4. The van der Waals surface area contributed by atoms with Crippen molar-refractivity contribution in [2.75, 3.05) is 11.4 Å². The zero-order chi connectivity index (χ0) is 19.6. The van der Waals surface area contributed by atoms with Gasteiger partial charge < -0.3 is 14.6 Å². The Bertz CT molecular complexity index is 1100. The van der Waals surface area contributed by atoms with Gasteiger partial charge in [-0.1, -0.05) is 17.3 Å². The monoisotopic (exact) mass is 389 g/mol. The molecule has 29 heavy (non-hydrogen) atoms. The number of nitrogens with zero attached hydrogens (tertiary/aromatic N) is 6. The summed E-state index contributed by atoms with van der Waals surface area (Å²) in [5, 5.41) is 11.2. The second-order valence-corrected chi connectivity index (χ2v) is 6.90. The maximum atomic E-state index is 12.8. The maximum absolute atomic E-state index is 12.8. The smallest absolute Gasteiger partial charge is 0.299 e. The Hall–Kier alpha value is -3.75. The number of amides is 1. The van der Waals surface area contributed by atoms with Crippen LogP contribution in [-0.4, -0.2) is 43.5 Å². The Morgan fingerprint density at radius 3 is 3.03 bits per heavy atom. The van der Waals surface area contributed by atoms with E-state index >= 15 is 0 Å². The molecular formula is C20H19N7O2. The molecule has 1 fully saturated rings. The Morgan fingerprint density at radius 2 is 2.17 bits per heavy atom. The predicted molar refractivity (Wildman–Crippen MR) is 105 cm³/mol. The summed E-state index contributed by atoms with van der Waals surface area (Å²) in [4.78, 5) is 23.3. The topological polar surface area (TPSA) is 102 Å². The largest absolute Gasteiger partial charge is 0.423 e. The van der Waals surface area contributed by atoms with E-state index in [0.29, 0.717) is 18.3 Å². The maximum Gasteiger partial charge on any atom is 0.299 e. The molecule has 1 aromatic carbocycles. The van der Waals surface area contributed by atoms with Crippen LogP contribution >= 0.6 is 0 Å². The van der Waals surface area contributed by atoms with Gasteiger partial charge in [-0.2, -0.15) is 4.98 Å². The SMILES string of the molecule is O=C(NCc1cn(-c2cccnc2)nn1)C1CCCN1c1nc2ccccc2o1. The average molecular weight is 389 g/mol. The molecule has 0 radical (unpaired) electrons. The van der Waals surface area contributed by atoms with Crippen molar-refractivity contribution < 1.29 is 9.21 Å². The number of aromatic nitrogens is 5. The summed E-state index contributed by atoms with van der Waals surface area (Å²) in [5.74, 6) is -0.0688. The molecule has 1 amide bonds. The van der Waals surface area contributed by atoms with Crippen LogP contribution in [0.15, 0.2) is 59.4 Å². The van der Waals surface area contributed by atoms with E-state index in [1.807, 2.05) is 41.3 Å². The van der Waals surface area contributed by atoms with Crippen LogP contribution in [0, 0.1) is 0 Å². The van der Waals surface area contributed by atoms with Crippen molar-refractivity contribution in [3.63, 3.8) is 0 Å². The van der Waals surface area contributed by atoms with Gasteiger partial charge in [-0.3, -0.25) is 9.78 Å². The van der Waals surface area contributed by atoms with Crippen molar-refractivity contribution in [2.45, 2.75) is 25.4 Å². The van der Waals surface area contributed by atoms with Crippen molar-refractivity contribution >= 4 is 23.0 Å². The van der Waals surface area contributed by atoms with Crippen LogP contribution in [0.2, 0.25) is 0 Å². The van der Waals surface area contributed by atoms with Crippen molar-refractivity contribution in [1.82, 2.24) is 30.3 Å². The van der Waals surface area contributed by atoms with E-state index in [1.165, 1.54) is 0 Å². The molecule has 9 heteroatoms. The number of carbonyl (C=O) groups excluding carboxylic acids is 1. The van der Waals surface area contributed by atoms with E-state index < -0.39 is 0 Å². The summed E-state index contributed by atoms with van der Waals surface area (Å²) in [6.45, 7) is 1.04. The molecular weight excluding hydrogens is 370 g/mol. The number of pyridine rings is 1. The molecule has 9 nitrogen and oxygen atoms in total. The fraction of sp³-hybridized carbons (Fsp3) is 0.250. The van der Waals surface area contributed by atoms with Gasteiger partial charge in [0.2, 0.25) is 5.91 Å². The number of benzene rings is 1.